The van der Waals surface area contributed by atoms with Crippen molar-refractivity contribution in [3.05, 3.63) is 69.9 Å². The van der Waals surface area contributed by atoms with E-state index in [-0.39, 0.29) is 0 Å². The van der Waals surface area contributed by atoms with E-state index < -0.39 is 0 Å². The lowest BCUT2D eigenvalue weighted by Crippen LogP contribution is -2.03. The van der Waals surface area contributed by atoms with Gasteiger partial charge in [-0.05, 0) is 33.6 Å². The second kappa shape index (κ2) is 5.92. The van der Waals surface area contributed by atoms with Crippen LogP contribution in [-0.4, -0.2) is 9.55 Å². The average Bonchev–Trinajstić information content (AvgIpc) is 2.84. The molecule has 1 heterocycles. The molecule has 3 aromatic rings. The Morgan fingerprint density at radius 1 is 1.14 bits per heavy atom. The molecule has 0 radical (unpaired) electrons. The Hall–Kier alpha value is -1.78. The van der Waals surface area contributed by atoms with Crippen LogP contribution >= 0.6 is 27.5 Å². The maximum Gasteiger partial charge on any atom is 0.131 e. The molecule has 21 heavy (non-hydrogen) atoms. The highest BCUT2D eigenvalue weighted by atomic mass is 79.9. The van der Waals surface area contributed by atoms with Crippen molar-refractivity contribution in [2.45, 2.75) is 6.54 Å². The van der Waals surface area contributed by atoms with Crippen LogP contribution in [0.2, 0.25) is 5.02 Å². The minimum absolute atomic E-state index is 0.636. The fourth-order valence-electron chi connectivity index (χ4n) is 2.16. The van der Waals surface area contributed by atoms with Crippen LogP contribution in [-0.2, 0) is 6.54 Å². The first kappa shape index (κ1) is 14.2. The van der Waals surface area contributed by atoms with Gasteiger partial charge in [0.15, 0.2) is 0 Å². The van der Waals surface area contributed by atoms with Crippen LogP contribution in [0.15, 0.2) is 59.3 Å². The van der Waals surface area contributed by atoms with Crippen LogP contribution in [0.4, 0.5) is 5.82 Å². The first-order valence-corrected chi connectivity index (χ1v) is 7.62. The largest absolute Gasteiger partial charge is 0.383 e. The molecule has 0 fully saturated rings. The molecule has 0 aliphatic carbocycles. The molecule has 0 saturated carbocycles. The highest BCUT2D eigenvalue weighted by Gasteiger charge is 2.11. The smallest absolute Gasteiger partial charge is 0.131 e. The van der Waals surface area contributed by atoms with Gasteiger partial charge < -0.3 is 10.3 Å². The van der Waals surface area contributed by atoms with E-state index in [2.05, 4.69) is 33.0 Å². The average molecular weight is 363 g/mol. The molecular weight excluding hydrogens is 350 g/mol. The minimum atomic E-state index is 0.636. The van der Waals surface area contributed by atoms with Gasteiger partial charge in [-0.15, -0.1) is 0 Å². The summed E-state index contributed by atoms with van der Waals surface area (Å²) in [6.07, 6.45) is 1.76. The van der Waals surface area contributed by atoms with Gasteiger partial charge in [-0.1, -0.05) is 48.0 Å². The maximum absolute atomic E-state index is 6.22. The fourth-order valence-corrected chi connectivity index (χ4v) is 2.59. The van der Waals surface area contributed by atoms with Crippen molar-refractivity contribution in [3.8, 4) is 11.3 Å². The number of imidazole rings is 1. The molecular formula is C16H13BrClN3. The Bertz CT molecular complexity index is 768. The number of benzene rings is 2. The summed E-state index contributed by atoms with van der Waals surface area (Å²) in [6.45, 7) is 0.698. The molecule has 0 aliphatic heterocycles. The molecule has 0 bridgehead atoms. The Morgan fingerprint density at radius 2 is 1.90 bits per heavy atom. The molecule has 0 aliphatic rings. The highest BCUT2D eigenvalue weighted by Crippen LogP contribution is 2.31. The number of nitrogen functional groups attached to an aromatic ring is 1. The normalized spacial score (nSPS) is 10.8. The molecule has 106 valence electrons. The third kappa shape index (κ3) is 2.96. The van der Waals surface area contributed by atoms with Crippen LogP contribution in [0.5, 0.6) is 0 Å². The van der Waals surface area contributed by atoms with Gasteiger partial charge in [-0.3, -0.25) is 0 Å². The molecule has 2 N–H and O–H groups in total. The minimum Gasteiger partial charge on any atom is -0.383 e. The number of nitrogens with zero attached hydrogens (tertiary/aromatic N) is 2. The molecule has 5 heteroatoms. The summed E-state index contributed by atoms with van der Waals surface area (Å²) in [5.74, 6) is 0.636. The molecule has 0 amide bonds. The summed E-state index contributed by atoms with van der Waals surface area (Å²) in [5.41, 5.74) is 9.06. The van der Waals surface area contributed by atoms with Gasteiger partial charge in [0.2, 0.25) is 0 Å². The first-order valence-electron chi connectivity index (χ1n) is 6.45. The van der Waals surface area contributed by atoms with E-state index in [4.69, 9.17) is 17.3 Å². The standard InChI is InChI=1S/C16H13BrClN3/c17-13-7-6-12(8-14(13)18)15-16(19)21(10-20-15)9-11-4-2-1-3-5-11/h1-8,10H,9,19H2. The fraction of sp³-hybridized carbons (Fsp3) is 0.0625. The van der Waals surface area contributed by atoms with Gasteiger partial charge >= 0.3 is 0 Å². The molecule has 0 unspecified atom stereocenters. The summed E-state index contributed by atoms with van der Waals surface area (Å²) < 4.78 is 2.79. The number of rotatable bonds is 3. The Morgan fingerprint density at radius 3 is 2.62 bits per heavy atom. The summed E-state index contributed by atoms with van der Waals surface area (Å²) in [4.78, 5) is 4.42. The van der Waals surface area contributed by atoms with Crippen LogP contribution < -0.4 is 5.73 Å². The zero-order valence-corrected chi connectivity index (χ0v) is 13.5. The number of hydrogen-bond donors (Lipinski definition) is 1. The second-order valence-corrected chi connectivity index (χ2v) is 5.98. The van der Waals surface area contributed by atoms with Gasteiger partial charge in [0.25, 0.3) is 0 Å². The zero-order valence-electron chi connectivity index (χ0n) is 11.1. The van der Waals surface area contributed by atoms with Gasteiger partial charge in [-0.2, -0.15) is 0 Å². The van der Waals surface area contributed by atoms with E-state index in [9.17, 15) is 0 Å². The molecule has 0 spiro atoms. The van der Waals surface area contributed by atoms with Crippen molar-refractivity contribution in [2.24, 2.45) is 0 Å². The quantitative estimate of drug-likeness (QED) is 0.740. The van der Waals surface area contributed by atoms with E-state index in [0.29, 0.717) is 17.4 Å². The van der Waals surface area contributed by atoms with E-state index in [1.165, 1.54) is 5.56 Å². The monoisotopic (exact) mass is 361 g/mol. The Labute approximate surface area is 136 Å². The van der Waals surface area contributed by atoms with E-state index in [1.54, 1.807) is 6.33 Å². The molecule has 3 nitrogen and oxygen atoms in total. The summed E-state index contributed by atoms with van der Waals surface area (Å²) in [5, 5.41) is 0.643. The maximum atomic E-state index is 6.22. The lowest BCUT2D eigenvalue weighted by molar-refractivity contribution is 0.808. The Balaban J connectivity index is 1.93. The second-order valence-electron chi connectivity index (χ2n) is 4.72. The van der Waals surface area contributed by atoms with Gasteiger partial charge in [-0.25, -0.2) is 4.98 Å². The summed E-state index contributed by atoms with van der Waals surface area (Å²) >= 11 is 9.51. The van der Waals surface area contributed by atoms with Crippen LogP contribution in [0.3, 0.4) is 0 Å². The SMILES string of the molecule is Nc1c(-c2ccc(Br)c(Cl)c2)ncn1Cc1ccccc1. The molecule has 0 atom stereocenters. The lowest BCUT2D eigenvalue weighted by Gasteiger charge is -2.06. The van der Waals surface area contributed by atoms with Crippen molar-refractivity contribution in [3.63, 3.8) is 0 Å². The summed E-state index contributed by atoms with van der Waals surface area (Å²) in [7, 11) is 0. The topological polar surface area (TPSA) is 43.8 Å². The molecule has 3 rings (SSSR count). The molecule has 1 aromatic heterocycles. The van der Waals surface area contributed by atoms with Crippen molar-refractivity contribution in [1.29, 1.82) is 0 Å². The van der Waals surface area contributed by atoms with Gasteiger partial charge in [0, 0.05) is 10.0 Å². The lowest BCUT2D eigenvalue weighted by atomic mass is 10.1. The van der Waals surface area contributed by atoms with Crippen LogP contribution in [0, 0.1) is 0 Å². The number of anilines is 1. The van der Waals surface area contributed by atoms with E-state index in [1.807, 2.05) is 41.0 Å². The predicted octanol–water partition coefficient (Wildman–Crippen LogP) is 4.60. The number of hydrogen-bond acceptors (Lipinski definition) is 2. The molecule has 2 aromatic carbocycles. The Kier molecular flexibility index (Phi) is 3.99. The van der Waals surface area contributed by atoms with Crippen molar-refractivity contribution in [1.82, 2.24) is 9.55 Å². The van der Waals surface area contributed by atoms with Crippen molar-refractivity contribution in [2.75, 3.05) is 5.73 Å². The highest BCUT2D eigenvalue weighted by molar-refractivity contribution is 9.10. The van der Waals surface area contributed by atoms with Gasteiger partial charge in [0.05, 0.1) is 17.9 Å². The third-order valence-electron chi connectivity index (χ3n) is 3.27. The molecule has 0 saturated heterocycles. The van der Waals surface area contributed by atoms with Crippen LogP contribution in [0.1, 0.15) is 5.56 Å². The third-order valence-corrected chi connectivity index (χ3v) is 4.50. The van der Waals surface area contributed by atoms with Crippen LogP contribution in [0.25, 0.3) is 11.3 Å². The van der Waals surface area contributed by atoms with E-state index >= 15 is 0 Å². The summed E-state index contributed by atoms with van der Waals surface area (Å²) in [6, 6.07) is 15.9. The van der Waals surface area contributed by atoms with E-state index in [0.717, 1.165) is 15.7 Å². The predicted molar refractivity (Wildman–Crippen MR) is 90.3 cm³/mol. The van der Waals surface area contributed by atoms with Crippen molar-refractivity contribution >= 4 is 33.3 Å². The first-order chi connectivity index (χ1) is 10.1. The number of aromatic nitrogens is 2. The number of halogens is 2. The van der Waals surface area contributed by atoms with Gasteiger partial charge in [0.1, 0.15) is 11.5 Å². The number of nitrogens with two attached hydrogens (primary N) is 1. The zero-order chi connectivity index (χ0) is 14.8. The van der Waals surface area contributed by atoms with Crippen molar-refractivity contribution < 1.29 is 0 Å².